The van der Waals surface area contributed by atoms with Crippen LogP contribution in [0.2, 0.25) is 0 Å². The lowest BCUT2D eigenvalue weighted by molar-refractivity contribution is -0.129. The molecule has 0 aliphatic heterocycles. The van der Waals surface area contributed by atoms with Crippen molar-refractivity contribution in [3.8, 4) is 0 Å². The molecule has 14 heavy (non-hydrogen) atoms. The number of carbonyl (C=O) groups excluding carboxylic acids is 1. The van der Waals surface area contributed by atoms with Crippen molar-refractivity contribution in [3.05, 3.63) is 0 Å². The molecule has 0 saturated carbocycles. The molecule has 1 unspecified atom stereocenters. The number of hydrogen-bond donors (Lipinski definition) is 2. The van der Waals surface area contributed by atoms with Crippen molar-refractivity contribution in [2.75, 3.05) is 6.61 Å². The lowest BCUT2D eigenvalue weighted by Crippen LogP contribution is -2.44. The van der Waals surface area contributed by atoms with Crippen molar-refractivity contribution >= 4 is 5.91 Å². The third-order valence-electron chi connectivity index (χ3n) is 1.99. The first-order valence-corrected chi connectivity index (χ1v) is 5.19. The second-order valence-electron chi connectivity index (χ2n) is 5.23. The fourth-order valence-electron chi connectivity index (χ4n) is 1.15. The fraction of sp³-hybridized carbons (Fsp3) is 0.909. The maximum absolute atomic E-state index is 11.6. The van der Waals surface area contributed by atoms with Crippen molar-refractivity contribution in [3.63, 3.8) is 0 Å². The average Bonchev–Trinajstić information content (AvgIpc) is 2.00. The summed E-state index contributed by atoms with van der Waals surface area (Å²) >= 11 is 0. The topological polar surface area (TPSA) is 49.3 Å². The van der Waals surface area contributed by atoms with Crippen molar-refractivity contribution in [1.29, 1.82) is 0 Å². The van der Waals surface area contributed by atoms with Gasteiger partial charge in [-0.3, -0.25) is 4.79 Å². The number of aliphatic hydroxyl groups excluding tert-OH is 1. The Hall–Kier alpha value is -0.570. The van der Waals surface area contributed by atoms with Gasteiger partial charge in [0, 0.05) is 5.41 Å². The highest BCUT2D eigenvalue weighted by molar-refractivity contribution is 5.81. The van der Waals surface area contributed by atoms with Crippen LogP contribution in [0.3, 0.4) is 0 Å². The Morgan fingerprint density at radius 1 is 1.36 bits per heavy atom. The first kappa shape index (κ1) is 13.4. The summed E-state index contributed by atoms with van der Waals surface area (Å²) in [7, 11) is 0. The minimum absolute atomic E-state index is 0.00259. The van der Waals surface area contributed by atoms with Gasteiger partial charge in [0.1, 0.15) is 0 Å². The summed E-state index contributed by atoms with van der Waals surface area (Å²) in [6, 6.07) is -0.110. The van der Waals surface area contributed by atoms with Gasteiger partial charge in [0.05, 0.1) is 12.6 Å². The molecule has 0 aliphatic carbocycles. The molecule has 0 spiro atoms. The molecular weight excluding hydrogens is 178 g/mol. The summed E-state index contributed by atoms with van der Waals surface area (Å²) in [6.45, 7) is 9.77. The number of carbonyl (C=O) groups is 1. The summed E-state index contributed by atoms with van der Waals surface area (Å²) in [5.74, 6) is 0.476. The average molecular weight is 201 g/mol. The zero-order valence-electron chi connectivity index (χ0n) is 9.92. The third kappa shape index (κ3) is 5.22. The third-order valence-corrected chi connectivity index (χ3v) is 1.99. The van der Waals surface area contributed by atoms with Crippen LogP contribution in [-0.4, -0.2) is 23.7 Å². The van der Waals surface area contributed by atoms with E-state index in [9.17, 15) is 4.79 Å². The molecule has 1 atom stereocenters. The van der Waals surface area contributed by atoms with E-state index in [2.05, 4.69) is 19.2 Å². The van der Waals surface area contributed by atoms with Crippen LogP contribution in [0.5, 0.6) is 0 Å². The molecule has 0 heterocycles. The van der Waals surface area contributed by atoms with Crippen molar-refractivity contribution in [2.45, 2.75) is 47.1 Å². The van der Waals surface area contributed by atoms with Crippen molar-refractivity contribution < 1.29 is 9.90 Å². The number of nitrogens with one attached hydrogen (secondary N) is 1. The predicted octanol–water partition coefficient (Wildman–Crippen LogP) is 1.56. The minimum atomic E-state index is -0.385. The lowest BCUT2D eigenvalue weighted by atomic mass is 9.94. The molecule has 2 N–H and O–H groups in total. The maximum atomic E-state index is 11.6. The van der Waals surface area contributed by atoms with E-state index in [4.69, 9.17) is 5.11 Å². The standard InChI is InChI=1S/C11H23NO2/c1-8(2)6-9(7-13)12-10(14)11(3,4)5/h8-9,13H,6-7H2,1-5H3,(H,12,14). The normalized spacial score (nSPS) is 14.2. The molecule has 0 aromatic carbocycles. The first-order valence-electron chi connectivity index (χ1n) is 5.19. The molecule has 0 aromatic heterocycles. The molecule has 0 radical (unpaired) electrons. The second-order valence-corrected chi connectivity index (χ2v) is 5.23. The summed E-state index contributed by atoms with van der Waals surface area (Å²) in [6.07, 6.45) is 0.818. The number of amides is 1. The Bertz CT molecular complexity index is 182. The summed E-state index contributed by atoms with van der Waals surface area (Å²) < 4.78 is 0. The Kier molecular flexibility index (Phi) is 5.13. The number of aliphatic hydroxyl groups is 1. The van der Waals surface area contributed by atoms with Crippen molar-refractivity contribution in [1.82, 2.24) is 5.32 Å². The lowest BCUT2D eigenvalue weighted by Gasteiger charge is -2.24. The van der Waals surface area contributed by atoms with Gasteiger partial charge >= 0.3 is 0 Å². The molecule has 3 heteroatoms. The zero-order valence-corrected chi connectivity index (χ0v) is 9.92. The molecule has 0 aliphatic rings. The van der Waals surface area contributed by atoms with Crippen LogP contribution in [0, 0.1) is 11.3 Å². The van der Waals surface area contributed by atoms with Crippen LogP contribution in [0.15, 0.2) is 0 Å². The van der Waals surface area contributed by atoms with E-state index in [0.717, 1.165) is 6.42 Å². The largest absolute Gasteiger partial charge is 0.394 e. The van der Waals surface area contributed by atoms with Crippen LogP contribution in [0.25, 0.3) is 0 Å². The molecule has 0 bridgehead atoms. The van der Waals surface area contributed by atoms with Gasteiger partial charge in [-0.05, 0) is 12.3 Å². The maximum Gasteiger partial charge on any atom is 0.225 e. The highest BCUT2D eigenvalue weighted by Crippen LogP contribution is 2.14. The molecule has 84 valence electrons. The van der Waals surface area contributed by atoms with Crippen LogP contribution in [-0.2, 0) is 4.79 Å². The number of hydrogen-bond acceptors (Lipinski definition) is 2. The summed E-state index contributed by atoms with van der Waals surface area (Å²) in [5.41, 5.74) is -0.385. The van der Waals surface area contributed by atoms with E-state index >= 15 is 0 Å². The zero-order chi connectivity index (χ0) is 11.4. The van der Waals surface area contributed by atoms with Crippen LogP contribution >= 0.6 is 0 Å². The van der Waals surface area contributed by atoms with Gasteiger partial charge in [-0.25, -0.2) is 0 Å². The fourth-order valence-corrected chi connectivity index (χ4v) is 1.15. The smallest absolute Gasteiger partial charge is 0.225 e. The van der Waals surface area contributed by atoms with Gasteiger partial charge in [0.15, 0.2) is 0 Å². The van der Waals surface area contributed by atoms with Gasteiger partial charge in [0.25, 0.3) is 0 Å². The first-order chi connectivity index (χ1) is 6.27. The SMILES string of the molecule is CC(C)CC(CO)NC(=O)C(C)(C)C. The summed E-state index contributed by atoms with van der Waals surface area (Å²) in [5, 5.41) is 11.9. The van der Waals surface area contributed by atoms with Gasteiger partial charge in [0.2, 0.25) is 5.91 Å². The Morgan fingerprint density at radius 2 is 1.86 bits per heavy atom. The van der Waals surface area contributed by atoms with E-state index in [1.165, 1.54) is 0 Å². The van der Waals surface area contributed by atoms with E-state index < -0.39 is 0 Å². The number of rotatable bonds is 4. The van der Waals surface area contributed by atoms with Crippen LogP contribution < -0.4 is 5.32 Å². The van der Waals surface area contributed by atoms with E-state index in [-0.39, 0.29) is 24.0 Å². The van der Waals surface area contributed by atoms with E-state index in [0.29, 0.717) is 5.92 Å². The molecular formula is C11H23NO2. The summed E-state index contributed by atoms with van der Waals surface area (Å²) in [4.78, 5) is 11.6. The highest BCUT2D eigenvalue weighted by Gasteiger charge is 2.23. The predicted molar refractivity (Wildman–Crippen MR) is 57.9 cm³/mol. The van der Waals surface area contributed by atoms with Gasteiger partial charge in [-0.1, -0.05) is 34.6 Å². The van der Waals surface area contributed by atoms with E-state index in [1.54, 1.807) is 0 Å². The molecule has 0 saturated heterocycles. The molecule has 1 amide bonds. The Balaban J connectivity index is 4.12. The minimum Gasteiger partial charge on any atom is -0.394 e. The second kappa shape index (κ2) is 5.35. The molecule has 0 aromatic rings. The molecule has 3 nitrogen and oxygen atoms in total. The van der Waals surface area contributed by atoms with Crippen LogP contribution in [0.4, 0.5) is 0 Å². The molecule has 0 rings (SSSR count). The highest BCUT2D eigenvalue weighted by atomic mass is 16.3. The monoisotopic (exact) mass is 201 g/mol. The van der Waals surface area contributed by atoms with E-state index in [1.807, 2.05) is 20.8 Å². The van der Waals surface area contributed by atoms with Gasteiger partial charge in [-0.15, -0.1) is 0 Å². The van der Waals surface area contributed by atoms with Crippen LogP contribution in [0.1, 0.15) is 41.0 Å². The Morgan fingerprint density at radius 3 is 2.14 bits per heavy atom. The quantitative estimate of drug-likeness (QED) is 0.725. The Labute approximate surface area is 86.9 Å². The van der Waals surface area contributed by atoms with Gasteiger partial charge < -0.3 is 10.4 Å². The van der Waals surface area contributed by atoms with Crippen molar-refractivity contribution in [2.24, 2.45) is 11.3 Å². The molecule has 0 fully saturated rings. The van der Waals surface area contributed by atoms with Gasteiger partial charge in [-0.2, -0.15) is 0 Å².